The predicted molar refractivity (Wildman–Crippen MR) is 93.3 cm³/mol. The Morgan fingerprint density at radius 3 is 2.45 bits per heavy atom. The molecule has 118 valence electrons. The minimum absolute atomic E-state index is 0. The molecule has 3 nitrogen and oxygen atoms in total. The second-order valence-corrected chi connectivity index (χ2v) is 5.33. The van der Waals surface area contributed by atoms with Crippen LogP contribution in [0.2, 0.25) is 0 Å². The molecule has 0 radical (unpaired) electrons. The second kappa shape index (κ2) is 9.23. The van der Waals surface area contributed by atoms with E-state index < -0.39 is 6.04 Å². The largest absolute Gasteiger partial charge is 0.354 e. The second-order valence-electron chi connectivity index (χ2n) is 5.33. The van der Waals surface area contributed by atoms with Gasteiger partial charge in [-0.25, -0.2) is 0 Å². The number of halogens is 1. The van der Waals surface area contributed by atoms with Crippen molar-refractivity contribution in [1.29, 1.82) is 0 Å². The molecular weight excluding hydrogens is 296 g/mol. The lowest BCUT2D eigenvalue weighted by Gasteiger charge is -2.12. The van der Waals surface area contributed by atoms with E-state index in [0.717, 1.165) is 12.0 Å². The highest BCUT2D eigenvalue weighted by Crippen LogP contribution is 2.04. The van der Waals surface area contributed by atoms with Gasteiger partial charge in [-0.1, -0.05) is 60.2 Å². The Morgan fingerprint density at radius 1 is 1.09 bits per heavy atom. The molecule has 0 saturated heterocycles. The van der Waals surface area contributed by atoms with E-state index in [2.05, 4.69) is 30.4 Å². The highest BCUT2D eigenvalue weighted by Gasteiger charge is 2.13. The summed E-state index contributed by atoms with van der Waals surface area (Å²) < 4.78 is 0. The van der Waals surface area contributed by atoms with Crippen molar-refractivity contribution in [3.05, 3.63) is 71.3 Å². The number of rotatable bonds is 6. The summed E-state index contributed by atoms with van der Waals surface area (Å²) in [5.74, 6) is -0.0912. The lowest BCUT2D eigenvalue weighted by atomic mass is 10.1. The molecule has 2 rings (SSSR count). The Balaban J connectivity index is 0.00000242. The number of nitrogens with one attached hydrogen (secondary N) is 1. The first-order valence-corrected chi connectivity index (χ1v) is 7.28. The van der Waals surface area contributed by atoms with Crippen LogP contribution in [0.25, 0.3) is 0 Å². The van der Waals surface area contributed by atoms with Gasteiger partial charge in [0.25, 0.3) is 0 Å². The average molecular weight is 319 g/mol. The van der Waals surface area contributed by atoms with Gasteiger partial charge in [-0.05, 0) is 30.9 Å². The van der Waals surface area contributed by atoms with Crippen LogP contribution >= 0.6 is 12.4 Å². The zero-order chi connectivity index (χ0) is 15.1. The summed E-state index contributed by atoms with van der Waals surface area (Å²) in [6.45, 7) is 2.68. The SMILES string of the molecule is Cc1cccc(CCNC(=O)[C@@H](N)Cc2ccccc2)c1.Cl. The van der Waals surface area contributed by atoms with Gasteiger partial charge < -0.3 is 11.1 Å². The van der Waals surface area contributed by atoms with Gasteiger partial charge in [0.15, 0.2) is 0 Å². The highest BCUT2D eigenvalue weighted by atomic mass is 35.5. The Morgan fingerprint density at radius 2 is 1.77 bits per heavy atom. The van der Waals surface area contributed by atoms with Crippen molar-refractivity contribution in [2.75, 3.05) is 6.54 Å². The van der Waals surface area contributed by atoms with Crippen LogP contribution in [0, 0.1) is 6.92 Å². The molecule has 0 aliphatic carbocycles. The molecule has 2 aromatic carbocycles. The molecule has 2 aromatic rings. The molecule has 4 heteroatoms. The third kappa shape index (κ3) is 5.88. The molecule has 0 unspecified atom stereocenters. The average Bonchev–Trinajstić information content (AvgIpc) is 2.48. The summed E-state index contributed by atoms with van der Waals surface area (Å²) in [5, 5.41) is 2.91. The van der Waals surface area contributed by atoms with Gasteiger partial charge >= 0.3 is 0 Å². The summed E-state index contributed by atoms with van der Waals surface area (Å²) in [6.07, 6.45) is 1.39. The van der Waals surface area contributed by atoms with Crippen LogP contribution in [-0.4, -0.2) is 18.5 Å². The van der Waals surface area contributed by atoms with Crippen molar-refractivity contribution < 1.29 is 4.79 Å². The summed E-state index contributed by atoms with van der Waals surface area (Å²) in [4.78, 5) is 12.0. The maximum atomic E-state index is 12.0. The van der Waals surface area contributed by atoms with Crippen LogP contribution in [0.4, 0.5) is 0 Å². The van der Waals surface area contributed by atoms with Crippen LogP contribution in [0.1, 0.15) is 16.7 Å². The predicted octanol–water partition coefficient (Wildman–Crippen LogP) is 2.65. The Labute approximate surface area is 138 Å². The van der Waals surface area contributed by atoms with E-state index in [-0.39, 0.29) is 18.3 Å². The zero-order valence-corrected chi connectivity index (χ0v) is 13.6. The van der Waals surface area contributed by atoms with E-state index in [9.17, 15) is 4.79 Å². The van der Waals surface area contributed by atoms with Crippen molar-refractivity contribution in [3.8, 4) is 0 Å². The number of amides is 1. The minimum atomic E-state index is -0.495. The van der Waals surface area contributed by atoms with Crippen molar-refractivity contribution >= 4 is 18.3 Å². The third-order valence-electron chi connectivity index (χ3n) is 3.43. The summed E-state index contributed by atoms with van der Waals surface area (Å²) >= 11 is 0. The van der Waals surface area contributed by atoms with Crippen molar-refractivity contribution in [1.82, 2.24) is 5.32 Å². The standard InChI is InChI=1S/C18H22N2O.ClH/c1-14-6-5-9-16(12-14)10-11-20-18(21)17(19)13-15-7-3-2-4-8-15;/h2-9,12,17H,10-11,13,19H2,1H3,(H,20,21);1H/t17-;/m0./s1. The number of hydrogen-bond donors (Lipinski definition) is 2. The molecule has 3 N–H and O–H groups in total. The smallest absolute Gasteiger partial charge is 0.237 e. The number of aryl methyl sites for hydroxylation is 1. The molecule has 0 bridgehead atoms. The Kier molecular flexibility index (Phi) is 7.64. The normalized spacial score (nSPS) is 11.4. The molecule has 0 fully saturated rings. The molecule has 0 aromatic heterocycles. The van der Waals surface area contributed by atoms with Gasteiger partial charge in [-0.2, -0.15) is 0 Å². The fourth-order valence-corrected chi connectivity index (χ4v) is 2.29. The van der Waals surface area contributed by atoms with Gasteiger partial charge in [0, 0.05) is 6.54 Å². The molecule has 0 aliphatic rings. The van der Waals surface area contributed by atoms with E-state index in [1.165, 1.54) is 11.1 Å². The molecule has 0 aliphatic heterocycles. The molecule has 0 spiro atoms. The van der Waals surface area contributed by atoms with Crippen LogP contribution in [0.15, 0.2) is 54.6 Å². The summed E-state index contributed by atoms with van der Waals surface area (Å²) in [6, 6.07) is 17.7. The third-order valence-corrected chi connectivity index (χ3v) is 3.43. The topological polar surface area (TPSA) is 55.1 Å². The summed E-state index contributed by atoms with van der Waals surface area (Å²) in [7, 11) is 0. The fourth-order valence-electron chi connectivity index (χ4n) is 2.29. The Bertz CT molecular complexity index is 587. The molecule has 1 amide bonds. The van der Waals surface area contributed by atoms with E-state index in [1.807, 2.05) is 36.4 Å². The number of nitrogens with two attached hydrogens (primary N) is 1. The first kappa shape index (κ1) is 18.2. The Hall–Kier alpha value is -1.84. The van der Waals surface area contributed by atoms with E-state index in [0.29, 0.717) is 13.0 Å². The number of carbonyl (C=O) groups is 1. The zero-order valence-electron chi connectivity index (χ0n) is 12.8. The summed E-state index contributed by atoms with van der Waals surface area (Å²) in [5.41, 5.74) is 9.49. The van der Waals surface area contributed by atoms with Crippen molar-refractivity contribution in [3.63, 3.8) is 0 Å². The lowest BCUT2D eigenvalue weighted by molar-refractivity contribution is -0.122. The molecule has 1 atom stereocenters. The molecule has 0 saturated carbocycles. The molecular formula is C18H23ClN2O. The van der Waals surface area contributed by atoms with E-state index >= 15 is 0 Å². The van der Waals surface area contributed by atoms with E-state index in [4.69, 9.17) is 5.73 Å². The van der Waals surface area contributed by atoms with Gasteiger partial charge in [0.05, 0.1) is 6.04 Å². The fraction of sp³-hybridized carbons (Fsp3) is 0.278. The van der Waals surface area contributed by atoms with E-state index in [1.54, 1.807) is 0 Å². The van der Waals surface area contributed by atoms with Crippen LogP contribution in [-0.2, 0) is 17.6 Å². The van der Waals surface area contributed by atoms with Crippen LogP contribution in [0.3, 0.4) is 0 Å². The number of carbonyl (C=O) groups excluding carboxylic acids is 1. The van der Waals surface area contributed by atoms with Crippen molar-refractivity contribution in [2.24, 2.45) is 5.73 Å². The minimum Gasteiger partial charge on any atom is -0.354 e. The number of hydrogen-bond acceptors (Lipinski definition) is 2. The monoisotopic (exact) mass is 318 g/mol. The van der Waals surface area contributed by atoms with Crippen LogP contribution in [0.5, 0.6) is 0 Å². The number of benzene rings is 2. The van der Waals surface area contributed by atoms with Gasteiger partial charge in [-0.3, -0.25) is 4.79 Å². The van der Waals surface area contributed by atoms with Crippen LogP contribution < -0.4 is 11.1 Å². The quantitative estimate of drug-likeness (QED) is 0.860. The van der Waals surface area contributed by atoms with Gasteiger partial charge in [-0.15, -0.1) is 12.4 Å². The van der Waals surface area contributed by atoms with Gasteiger partial charge in [0.2, 0.25) is 5.91 Å². The first-order chi connectivity index (χ1) is 10.1. The maximum Gasteiger partial charge on any atom is 0.237 e. The van der Waals surface area contributed by atoms with Gasteiger partial charge in [0.1, 0.15) is 0 Å². The first-order valence-electron chi connectivity index (χ1n) is 7.28. The maximum absolute atomic E-state index is 12.0. The molecule has 0 heterocycles. The lowest BCUT2D eigenvalue weighted by Crippen LogP contribution is -2.42. The molecule has 22 heavy (non-hydrogen) atoms. The highest BCUT2D eigenvalue weighted by molar-refractivity contribution is 5.85. The van der Waals surface area contributed by atoms with Crippen molar-refractivity contribution in [2.45, 2.75) is 25.8 Å².